The Morgan fingerprint density at radius 1 is 0.905 bits per heavy atom. The summed E-state index contributed by atoms with van der Waals surface area (Å²) in [4.78, 5) is 22.5. The van der Waals surface area contributed by atoms with Crippen LogP contribution in [0.2, 0.25) is 0 Å². The van der Waals surface area contributed by atoms with Crippen LogP contribution >= 0.6 is 0 Å². The first kappa shape index (κ1) is 19.9. The Balaban J connectivity index is 3.19. The van der Waals surface area contributed by atoms with Gasteiger partial charge in [0.15, 0.2) is 0 Å². The first-order chi connectivity index (χ1) is 10.1. The third-order valence-corrected chi connectivity index (χ3v) is 2.58. The van der Waals surface area contributed by atoms with Gasteiger partial charge in [-0.15, -0.1) is 0 Å². The molecule has 0 spiro atoms. The van der Waals surface area contributed by atoms with E-state index < -0.39 is 0 Å². The lowest BCUT2D eigenvalue weighted by molar-refractivity contribution is -0.122. The predicted octanol–water partition coefficient (Wildman–Crippen LogP) is 1.10. The number of nitrogens with one attached hydrogen (secondary N) is 2. The predicted molar refractivity (Wildman–Crippen MR) is 82.0 cm³/mol. The van der Waals surface area contributed by atoms with E-state index in [-0.39, 0.29) is 11.8 Å². The summed E-state index contributed by atoms with van der Waals surface area (Å²) in [5.41, 5.74) is 0. The van der Waals surface area contributed by atoms with E-state index in [2.05, 4.69) is 10.6 Å². The van der Waals surface area contributed by atoms with Gasteiger partial charge in [-0.25, -0.2) is 0 Å². The molecular weight excluding hydrogens is 272 g/mol. The lowest BCUT2D eigenvalue weighted by Gasteiger charge is -2.08. The van der Waals surface area contributed by atoms with Crippen LogP contribution in [0.3, 0.4) is 0 Å². The SMILES string of the molecule is CCCC(=O)NCCOCCOCCNC(=O)CC(C)C. The Morgan fingerprint density at radius 3 is 1.90 bits per heavy atom. The molecule has 0 aromatic rings. The maximum absolute atomic E-state index is 11.3. The van der Waals surface area contributed by atoms with Crippen LogP contribution in [0.5, 0.6) is 0 Å². The fourth-order valence-corrected chi connectivity index (χ4v) is 1.61. The van der Waals surface area contributed by atoms with Crippen LogP contribution in [0.4, 0.5) is 0 Å². The molecule has 0 aliphatic heterocycles. The third kappa shape index (κ3) is 15.1. The zero-order valence-corrected chi connectivity index (χ0v) is 13.6. The molecule has 0 fully saturated rings. The number of carbonyl (C=O) groups is 2. The second-order valence-corrected chi connectivity index (χ2v) is 5.27. The summed E-state index contributed by atoms with van der Waals surface area (Å²) >= 11 is 0. The lowest BCUT2D eigenvalue weighted by Crippen LogP contribution is -2.29. The quantitative estimate of drug-likeness (QED) is 0.500. The first-order valence-corrected chi connectivity index (χ1v) is 7.75. The van der Waals surface area contributed by atoms with Crippen molar-refractivity contribution in [1.29, 1.82) is 0 Å². The van der Waals surface area contributed by atoms with Gasteiger partial charge >= 0.3 is 0 Å². The normalized spacial score (nSPS) is 10.7. The second kappa shape index (κ2) is 13.8. The molecule has 0 radical (unpaired) electrons. The molecule has 2 N–H and O–H groups in total. The lowest BCUT2D eigenvalue weighted by atomic mass is 10.1. The highest BCUT2D eigenvalue weighted by molar-refractivity contribution is 5.76. The highest BCUT2D eigenvalue weighted by Gasteiger charge is 2.03. The fourth-order valence-electron chi connectivity index (χ4n) is 1.61. The molecule has 2 amide bonds. The average molecular weight is 302 g/mol. The summed E-state index contributed by atoms with van der Waals surface area (Å²) < 4.78 is 10.6. The number of hydrogen-bond donors (Lipinski definition) is 2. The molecule has 0 heterocycles. The van der Waals surface area contributed by atoms with E-state index in [1.165, 1.54) is 0 Å². The number of carbonyl (C=O) groups excluding carboxylic acids is 2. The van der Waals surface area contributed by atoms with Gasteiger partial charge in [0, 0.05) is 25.9 Å². The minimum atomic E-state index is 0.0627. The topological polar surface area (TPSA) is 76.7 Å². The average Bonchev–Trinajstić information content (AvgIpc) is 2.40. The fraction of sp³-hybridized carbons (Fsp3) is 0.867. The molecule has 0 aliphatic rings. The smallest absolute Gasteiger partial charge is 0.220 e. The van der Waals surface area contributed by atoms with Gasteiger partial charge in [-0.05, 0) is 12.3 Å². The maximum Gasteiger partial charge on any atom is 0.220 e. The first-order valence-electron chi connectivity index (χ1n) is 7.75. The van der Waals surface area contributed by atoms with E-state index in [0.717, 1.165) is 6.42 Å². The molecule has 0 aromatic carbocycles. The third-order valence-electron chi connectivity index (χ3n) is 2.58. The van der Waals surface area contributed by atoms with Crippen molar-refractivity contribution >= 4 is 11.8 Å². The number of rotatable bonds is 13. The summed E-state index contributed by atoms with van der Waals surface area (Å²) in [7, 11) is 0. The van der Waals surface area contributed by atoms with Gasteiger partial charge in [-0.2, -0.15) is 0 Å². The van der Waals surface area contributed by atoms with Crippen molar-refractivity contribution in [3.63, 3.8) is 0 Å². The summed E-state index contributed by atoms with van der Waals surface area (Å²) in [5.74, 6) is 0.499. The Hall–Kier alpha value is -1.14. The van der Waals surface area contributed by atoms with Crippen molar-refractivity contribution in [2.75, 3.05) is 39.5 Å². The number of amides is 2. The van der Waals surface area contributed by atoms with Crippen molar-refractivity contribution in [2.24, 2.45) is 5.92 Å². The summed E-state index contributed by atoms with van der Waals surface area (Å²) in [6, 6.07) is 0. The number of ether oxygens (including phenoxy) is 2. The van der Waals surface area contributed by atoms with E-state index in [1.54, 1.807) is 0 Å². The zero-order valence-electron chi connectivity index (χ0n) is 13.6. The number of hydrogen-bond acceptors (Lipinski definition) is 4. The highest BCUT2D eigenvalue weighted by Crippen LogP contribution is 1.97. The van der Waals surface area contributed by atoms with Crippen LogP contribution in [0.1, 0.15) is 40.0 Å². The van der Waals surface area contributed by atoms with Crippen LogP contribution in [0.25, 0.3) is 0 Å². The Bertz CT molecular complexity index is 283. The minimum absolute atomic E-state index is 0.0627. The van der Waals surface area contributed by atoms with Crippen molar-refractivity contribution in [3.05, 3.63) is 0 Å². The Labute approximate surface area is 127 Å². The van der Waals surface area contributed by atoms with Gasteiger partial charge in [0.2, 0.25) is 11.8 Å². The van der Waals surface area contributed by atoms with Crippen LogP contribution in [0, 0.1) is 5.92 Å². The molecule has 6 heteroatoms. The van der Waals surface area contributed by atoms with E-state index in [0.29, 0.717) is 58.3 Å². The monoisotopic (exact) mass is 302 g/mol. The zero-order chi connectivity index (χ0) is 15.9. The molecule has 0 bridgehead atoms. The van der Waals surface area contributed by atoms with Gasteiger partial charge in [0.25, 0.3) is 0 Å². The second-order valence-electron chi connectivity index (χ2n) is 5.27. The molecule has 0 atom stereocenters. The van der Waals surface area contributed by atoms with E-state index in [9.17, 15) is 9.59 Å². The maximum atomic E-state index is 11.3. The molecule has 0 aliphatic carbocycles. The van der Waals surface area contributed by atoms with Gasteiger partial charge < -0.3 is 20.1 Å². The highest BCUT2D eigenvalue weighted by atomic mass is 16.5. The molecule has 21 heavy (non-hydrogen) atoms. The Kier molecular flexibility index (Phi) is 13.1. The molecule has 0 saturated heterocycles. The van der Waals surface area contributed by atoms with Crippen LogP contribution in [-0.4, -0.2) is 51.3 Å². The summed E-state index contributed by atoms with van der Waals surface area (Å²) in [6.45, 7) is 9.01. The van der Waals surface area contributed by atoms with Crippen molar-refractivity contribution in [2.45, 2.75) is 40.0 Å². The van der Waals surface area contributed by atoms with Crippen LogP contribution < -0.4 is 10.6 Å². The minimum Gasteiger partial charge on any atom is -0.377 e. The van der Waals surface area contributed by atoms with Crippen molar-refractivity contribution in [1.82, 2.24) is 10.6 Å². The molecule has 0 unspecified atom stereocenters. The van der Waals surface area contributed by atoms with Gasteiger partial charge in [-0.3, -0.25) is 9.59 Å². The molecule has 124 valence electrons. The van der Waals surface area contributed by atoms with Gasteiger partial charge in [0.05, 0.1) is 26.4 Å². The summed E-state index contributed by atoms with van der Waals surface area (Å²) in [6.07, 6.45) is 1.97. The molecule has 0 aromatic heterocycles. The van der Waals surface area contributed by atoms with E-state index in [4.69, 9.17) is 9.47 Å². The molecule has 6 nitrogen and oxygen atoms in total. The van der Waals surface area contributed by atoms with Crippen molar-refractivity contribution < 1.29 is 19.1 Å². The van der Waals surface area contributed by atoms with Crippen LogP contribution in [0.15, 0.2) is 0 Å². The van der Waals surface area contributed by atoms with Gasteiger partial charge in [-0.1, -0.05) is 20.8 Å². The standard InChI is InChI=1S/C15H30N2O4/c1-4-5-14(18)16-6-8-20-10-11-21-9-7-17-15(19)12-13(2)3/h13H,4-12H2,1-3H3,(H,16,18)(H,17,19). The van der Waals surface area contributed by atoms with Crippen molar-refractivity contribution in [3.8, 4) is 0 Å². The molecular formula is C15H30N2O4. The largest absolute Gasteiger partial charge is 0.377 e. The Morgan fingerprint density at radius 2 is 1.43 bits per heavy atom. The summed E-state index contributed by atoms with van der Waals surface area (Å²) in [5, 5.41) is 5.57. The molecule has 0 saturated carbocycles. The van der Waals surface area contributed by atoms with E-state index in [1.807, 2.05) is 20.8 Å². The van der Waals surface area contributed by atoms with Gasteiger partial charge in [0.1, 0.15) is 0 Å². The van der Waals surface area contributed by atoms with E-state index >= 15 is 0 Å². The molecule has 0 rings (SSSR count). The van der Waals surface area contributed by atoms with Crippen LogP contribution in [-0.2, 0) is 19.1 Å².